The predicted molar refractivity (Wildman–Crippen MR) is 83.8 cm³/mol. The van der Waals surface area contributed by atoms with Crippen LogP contribution < -0.4 is 14.8 Å². The van der Waals surface area contributed by atoms with Gasteiger partial charge in [0, 0.05) is 18.0 Å². The number of methoxy groups -OCH3 is 1. The second-order valence-electron chi connectivity index (χ2n) is 5.26. The molecule has 0 saturated heterocycles. The van der Waals surface area contributed by atoms with Gasteiger partial charge in [-0.25, -0.2) is 0 Å². The molecule has 0 saturated carbocycles. The Labute approximate surface area is 125 Å². The molecule has 110 valence electrons. The lowest BCUT2D eigenvalue weighted by Gasteiger charge is -2.33. The van der Waals surface area contributed by atoms with Crippen LogP contribution in [-0.2, 0) is 0 Å². The molecule has 21 heavy (non-hydrogen) atoms. The summed E-state index contributed by atoms with van der Waals surface area (Å²) in [6.07, 6.45) is 1.02. The fourth-order valence-corrected chi connectivity index (χ4v) is 2.88. The third-order valence-electron chi connectivity index (χ3n) is 3.95. The van der Waals surface area contributed by atoms with E-state index in [9.17, 15) is 0 Å². The third kappa shape index (κ3) is 2.88. The number of benzene rings is 2. The Morgan fingerprint density at radius 1 is 1.14 bits per heavy atom. The highest BCUT2D eigenvalue weighted by Crippen LogP contribution is 2.40. The zero-order chi connectivity index (χ0) is 14.7. The lowest BCUT2D eigenvalue weighted by Crippen LogP contribution is -2.28. The van der Waals surface area contributed by atoms with Gasteiger partial charge in [-0.05, 0) is 30.3 Å². The molecule has 2 unspecified atom stereocenters. The van der Waals surface area contributed by atoms with E-state index in [1.807, 2.05) is 18.2 Å². The monoisotopic (exact) mass is 283 g/mol. The van der Waals surface area contributed by atoms with Gasteiger partial charge in [0.15, 0.2) is 0 Å². The van der Waals surface area contributed by atoms with E-state index in [0.717, 1.165) is 24.5 Å². The van der Waals surface area contributed by atoms with Crippen LogP contribution in [0.5, 0.6) is 11.5 Å². The lowest BCUT2D eigenvalue weighted by atomic mass is 9.93. The number of para-hydroxylation sites is 1. The van der Waals surface area contributed by atoms with Crippen LogP contribution >= 0.6 is 0 Å². The van der Waals surface area contributed by atoms with Gasteiger partial charge < -0.3 is 14.8 Å². The Morgan fingerprint density at radius 2 is 1.90 bits per heavy atom. The molecule has 0 aliphatic carbocycles. The minimum Gasteiger partial charge on any atom is -0.497 e. The average molecular weight is 283 g/mol. The van der Waals surface area contributed by atoms with Crippen molar-refractivity contribution < 1.29 is 9.47 Å². The molecule has 1 N–H and O–H groups in total. The van der Waals surface area contributed by atoms with E-state index in [1.54, 1.807) is 7.11 Å². The van der Waals surface area contributed by atoms with Gasteiger partial charge in [-0.15, -0.1) is 0 Å². The maximum Gasteiger partial charge on any atom is 0.126 e. The highest BCUT2D eigenvalue weighted by molar-refractivity contribution is 5.40. The summed E-state index contributed by atoms with van der Waals surface area (Å²) in [5.74, 6) is 1.86. The van der Waals surface area contributed by atoms with Gasteiger partial charge >= 0.3 is 0 Å². The smallest absolute Gasteiger partial charge is 0.126 e. The molecule has 2 aromatic rings. The highest BCUT2D eigenvalue weighted by Gasteiger charge is 2.28. The zero-order valence-corrected chi connectivity index (χ0v) is 12.5. The summed E-state index contributed by atoms with van der Waals surface area (Å²) in [5, 5.41) is 3.56. The summed E-state index contributed by atoms with van der Waals surface area (Å²) in [5.41, 5.74) is 2.44. The minimum atomic E-state index is 0.0786. The second-order valence-corrected chi connectivity index (χ2v) is 5.26. The van der Waals surface area contributed by atoms with Crippen LogP contribution in [0.3, 0.4) is 0 Å². The third-order valence-corrected chi connectivity index (χ3v) is 3.95. The molecule has 1 heterocycles. The molecule has 0 spiro atoms. The van der Waals surface area contributed by atoms with Crippen molar-refractivity contribution in [2.45, 2.75) is 25.5 Å². The largest absolute Gasteiger partial charge is 0.497 e. The summed E-state index contributed by atoms with van der Waals surface area (Å²) in [4.78, 5) is 0. The van der Waals surface area contributed by atoms with Crippen LogP contribution in [-0.4, -0.2) is 13.7 Å². The van der Waals surface area contributed by atoms with Gasteiger partial charge in [-0.1, -0.05) is 37.3 Å². The van der Waals surface area contributed by atoms with Crippen molar-refractivity contribution in [3.8, 4) is 11.5 Å². The maximum atomic E-state index is 6.19. The Balaban J connectivity index is 1.88. The molecular formula is C18H21NO2. The van der Waals surface area contributed by atoms with Crippen LogP contribution in [0.4, 0.5) is 0 Å². The van der Waals surface area contributed by atoms with Crippen molar-refractivity contribution in [1.29, 1.82) is 0 Å². The molecule has 3 rings (SSSR count). The molecule has 2 atom stereocenters. The van der Waals surface area contributed by atoms with Crippen molar-refractivity contribution in [1.82, 2.24) is 5.32 Å². The number of ether oxygens (including phenoxy) is 2. The minimum absolute atomic E-state index is 0.0786. The number of nitrogens with one attached hydrogen (secondary N) is 1. The summed E-state index contributed by atoms with van der Waals surface area (Å²) in [6, 6.07) is 16.8. The molecule has 2 aromatic carbocycles. The first-order valence-corrected chi connectivity index (χ1v) is 7.44. The van der Waals surface area contributed by atoms with Crippen LogP contribution in [0.15, 0.2) is 48.5 Å². The molecule has 1 aliphatic heterocycles. The van der Waals surface area contributed by atoms with Gasteiger partial charge in [-0.2, -0.15) is 0 Å². The van der Waals surface area contributed by atoms with Crippen molar-refractivity contribution in [3.05, 3.63) is 59.7 Å². The topological polar surface area (TPSA) is 30.5 Å². The molecular weight excluding hydrogens is 262 g/mol. The first kappa shape index (κ1) is 14.0. The van der Waals surface area contributed by atoms with Gasteiger partial charge in [0.2, 0.25) is 0 Å². The van der Waals surface area contributed by atoms with Crippen LogP contribution in [0, 0.1) is 0 Å². The molecule has 3 nitrogen and oxygen atoms in total. The van der Waals surface area contributed by atoms with Crippen LogP contribution in [0.2, 0.25) is 0 Å². The summed E-state index contributed by atoms with van der Waals surface area (Å²) in [6.45, 7) is 3.09. The standard InChI is InChI=1S/C18H21NO2/c1-3-19-16-12-18(13-8-10-14(20-2)11-9-13)21-17-7-5-4-6-15(16)17/h4-11,16,18-19H,3,12H2,1-2H3. The SMILES string of the molecule is CCNC1CC(c2ccc(OC)cc2)Oc2ccccc21. The number of rotatable bonds is 4. The van der Waals surface area contributed by atoms with E-state index in [4.69, 9.17) is 9.47 Å². The number of fused-ring (bicyclic) bond motifs is 1. The molecule has 0 aromatic heterocycles. The van der Waals surface area contributed by atoms with E-state index >= 15 is 0 Å². The fraction of sp³-hybridized carbons (Fsp3) is 0.333. The normalized spacial score (nSPS) is 20.5. The van der Waals surface area contributed by atoms with Gasteiger partial charge in [0.05, 0.1) is 7.11 Å². The molecule has 0 amide bonds. The van der Waals surface area contributed by atoms with Gasteiger partial charge in [0.25, 0.3) is 0 Å². The van der Waals surface area contributed by atoms with Crippen LogP contribution in [0.25, 0.3) is 0 Å². The summed E-state index contributed by atoms with van der Waals surface area (Å²) >= 11 is 0. The van der Waals surface area contributed by atoms with E-state index in [0.29, 0.717) is 6.04 Å². The van der Waals surface area contributed by atoms with E-state index < -0.39 is 0 Å². The highest BCUT2D eigenvalue weighted by atomic mass is 16.5. The molecule has 0 bridgehead atoms. The second kappa shape index (κ2) is 6.19. The van der Waals surface area contributed by atoms with Crippen molar-refractivity contribution in [3.63, 3.8) is 0 Å². The van der Waals surface area contributed by atoms with E-state index in [2.05, 4.69) is 42.6 Å². The lowest BCUT2D eigenvalue weighted by molar-refractivity contribution is 0.152. The van der Waals surface area contributed by atoms with Crippen molar-refractivity contribution in [2.24, 2.45) is 0 Å². The van der Waals surface area contributed by atoms with Gasteiger partial charge in [-0.3, -0.25) is 0 Å². The summed E-state index contributed by atoms with van der Waals surface area (Å²) < 4.78 is 11.4. The first-order chi connectivity index (χ1) is 10.3. The Kier molecular flexibility index (Phi) is 4.11. The van der Waals surface area contributed by atoms with E-state index in [-0.39, 0.29) is 6.10 Å². The molecule has 3 heteroatoms. The first-order valence-electron chi connectivity index (χ1n) is 7.44. The Morgan fingerprint density at radius 3 is 2.62 bits per heavy atom. The van der Waals surface area contributed by atoms with Crippen LogP contribution in [0.1, 0.15) is 36.6 Å². The maximum absolute atomic E-state index is 6.19. The average Bonchev–Trinajstić information content (AvgIpc) is 2.55. The van der Waals surface area contributed by atoms with Gasteiger partial charge in [0.1, 0.15) is 17.6 Å². The van der Waals surface area contributed by atoms with E-state index in [1.165, 1.54) is 11.1 Å². The zero-order valence-electron chi connectivity index (χ0n) is 12.5. The number of hydrogen-bond acceptors (Lipinski definition) is 3. The molecule has 1 aliphatic rings. The Bertz CT molecular complexity index is 594. The van der Waals surface area contributed by atoms with Crippen molar-refractivity contribution in [2.75, 3.05) is 13.7 Å². The van der Waals surface area contributed by atoms with Crippen molar-refractivity contribution >= 4 is 0 Å². The summed E-state index contributed by atoms with van der Waals surface area (Å²) in [7, 11) is 1.68. The predicted octanol–water partition coefficient (Wildman–Crippen LogP) is 3.87. The fourth-order valence-electron chi connectivity index (χ4n) is 2.88. The molecule has 0 radical (unpaired) electrons. The Hall–Kier alpha value is -2.00. The number of hydrogen-bond donors (Lipinski definition) is 1. The molecule has 0 fully saturated rings. The quantitative estimate of drug-likeness (QED) is 0.924.